The van der Waals surface area contributed by atoms with Crippen LogP contribution in [-0.2, 0) is 10.0 Å². The second-order valence-corrected chi connectivity index (χ2v) is 6.99. The molecule has 0 spiro atoms. The lowest BCUT2D eigenvalue weighted by molar-refractivity contribution is 0.411. The highest BCUT2D eigenvalue weighted by molar-refractivity contribution is 9.10. The molecule has 0 aliphatic rings. The lowest BCUT2D eigenvalue weighted by atomic mass is 10.1. The van der Waals surface area contributed by atoms with Crippen LogP contribution in [-0.4, -0.2) is 20.5 Å². The second-order valence-electron chi connectivity index (χ2n) is 4.42. The third-order valence-electron chi connectivity index (χ3n) is 2.97. The van der Waals surface area contributed by atoms with Gasteiger partial charge in [0.05, 0.1) is 16.5 Å². The Bertz CT molecular complexity index is 720. The van der Waals surface area contributed by atoms with Crippen molar-refractivity contribution in [3.63, 3.8) is 0 Å². The first-order valence-electron chi connectivity index (χ1n) is 6.20. The fourth-order valence-corrected chi connectivity index (χ4v) is 3.79. The molecule has 0 aliphatic heterocycles. The van der Waals surface area contributed by atoms with E-state index in [1.807, 2.05) is 0 Å². The number of pyridine rings is 1. The molecule has 1 aromatic heterocycles. The van der Waals surface area contributed by atoms with Gasteiger partial charge in [0.25, 0.3) is 0 Å². The molecule has 0 amide bonds. The summed E-state index contributed by atoms with van der Waals surface area (Å²) >= 11 is 3.29. The fourth-order valence-electron chi connectivity index (χ4n) is 1.84. The average molecular weight is 371 g/mol. The van der Waals surface area contributed by atoms with Gasteiger partial charge < -0.3 is 4.74 Å². The van der Waals surface area contributed by atoms with Gasteiger partial charge in [0, 0.05) is 18.4 Å². The molecular formula is C14H15BrN2O3S. The molecule has 2 rings (SSSR count). The van der Waals surface area contributed by atoms with Gasteiger partial charge in [-0.15, -0.1) is 0 Å². The number of methoxy groups -OCH3 is 1. The van der Waals surface area contributed by atoms with Crippen molar-refractivity contribution < 1.29 is 13.2 Å². The predicted molar refractivity (Wildman–Crippen MR) is 83.7 cm³/mol. The van der Waals surface area contributed by atoms with Gasteiger partial charge in [0.15, 0.2) is 0 Å². The Balaban J connectivity index is 2.24. The topological polar surface area (TPSA) is 68.3 Å². The third-order valence-corrected chi connectivity index (χ3v) is 5.13. The average Bonchev–Trinajstić information content (AvgIpc) is 2.47. The summed E-state index contributed by atoms with van der Waals surface area (Å²) in [7, 11) is -2.09. The van der Waals surface area contributed by atoms with Crippen molar-refractivity contribution in [2.75, 3.05) is 7.11 Å². The van der Waals surface area contributed by atoms with Crippen molar-refractivity contribution in [1.82, 2.24) is 9.71 Å². The van der Waals surface area contributed by atoms with E-state index in [0.717, 1.165) is 5.56 Å². The lowest BCUT2D eigenvalue weighted by Crippen LogP contribution is -2.26. The Hall–Kier alpha value is -1.44. The van der Waals surface area contributed by atoms with Crippen molar-refractivity contribution >= 4 is 26.0 Å². The van der Waals surface area contributed by atoms with E-state index >= 15 is 0 Å². The number of sulfonamides is 1. The zero-order valence-corrected chi connectivity index (χ0v) is 14.0. The lowest BCUT2D eigenvalue weighted by Gasteiger charge is -2.15. The number of halogens is 1. The largest absolute Gasteiger partial charge is 0.496 e. The first-order valence-corrected chi connectivity index (χ1v) is 8.47. The van der Waals surface area contributed by atoms with Crippen molar-refractivity contribution in [3.05, 3.63) is 52.8 Å². The van der Waals surface area contributed by atoms with Gasteiger partial charge in [-0.05, 0) is 58.7 Å². The molecule has 5 nitrogen and oxygen atoms in total. The van der Waals surface area contributed by atoms with Gasteiger partial charge in [-0.2, -0.15) is 0 Å². The number of hydrogen-bond acceptors (Lipinski definition) is 4. The van der Waals surface area contributed by atoms with Gasteiger partial charge in [0.2, 0.25) is 10.0 Å². The van der Waals surface area contributed by atoms with E-state index in [-0.39, 0.29) is 10.9 Å². The minimum atomic E-state index is -3.61. The van der Waals surface area contributed by atoms with E-state index in [4.69, 9.17) is 4.74 Å². The fraction of sp³-hybridized carbons (Fsp3) is 0.214. The van der Waals surface area contributed by atoms with Crippen LogP contribution in [0.25, 0.3) is 0 Å². The Labute approximate surface area is 132 Å². The van der Waals surface area contributed by atoms with Crippen LogP contribution < -0.4 is 9.46 Å². The highest BCUT2D eigenvalue weighted by atomic mass is 79.9. The van der Waals surface area contributed by atoms with Gasteiger partial charge in [0.1, 0.15) is 5.75 Å². The van der Waals surface area contributed by atoms with Gasteiger partial charge in [-0.25, -0.2) is 13.1 Å². The maximum Gasteiger partial charge on any atom is 0.241 e. The minimum absolute atomic E-state index is 0.177. The van der Waals surface area contributed by atoms with E-state index < -0.39 is 10.0 Å². The summed E-state index contributed by atoms with van der Waals surface area (Å²) in [5.74, 6) is 0.580. The van der Waals surface area contributed by atoms with Crippen molar-refractivity contribution in [3.8, 4) is 5.75 Å². The van der Waals surface area contributed by atoms with Gasteiger partial charge in [-0.1, -0.05) is 0 Å². The Morgan fingerprint density at radius 2 is 1.90 bits per heavy atom. The number of nitrogens with one attached hydrogen (secondary N) is 1. The molecule has 1 heterocycles. The molecule has 0 saturated carbocycles. The molecule has 1 aromatic carbocycles. The molecule has 0 fully saturated rings. The Morgan fingerprint density at radius 1 is 1.24 bits per heavy atom. The summed E-state index contributed by atoms with van der Waals surface area (Å²) in [6.07, 6.45) is 3.26. The van der Waals surface area contributed by atoms with E-state index in [9.17, 15) is 8.42 Å². The molecule has 7 heteroatoms. The first kappa shape index (κ1) is 15.9. The summed E-state index contributed by atoms with van der Waals surface area (Å²) in [4.78, 5) is 4.09. The number of hydrogen-bond donors (Lipinski definition) is 1. The molecule has 0 saturated heterocycles. The number of rotatable bonds is 5. The molecule has 0 aliphatic carbocycles. The van der Waals surface area contributed by atoms with Gasteiger partial charge in [-0.3, -0.25) is 4.98 Å². The summed E-state index contributed by atoms with van der Waals surface area (Å²) < 4.78 is 33.1. The van der Waals surface area contributed by atoms with Crippen LogP contribution in [0.3, 0.4) is 0 Å². The van der Waals surface area contributed by atoms with Crippen molar-refractivity contribution in [2.24, 2.45) is 0 Å². The Kier molecular flexibility index (Phi) is 4.97. The van der Waals surface area contributed by atoms with Crippen LogP contribution in [0.15, 0.2) is 52.1 Å². The zero-order valence-electron chi connectivity index (χ0n) is 11.6. The molecule has 0 radical (unpaired) electrons. The van der Waals surface area contributed by atoms with Gasteiger partial charge >= 0.3 is 0 Å². The monoisotopic (exact) mass is 370 g/mol. The quantitative estimate of drug-likeness (QED) is 0.878. The number of benzene rings is 1. The van der Waals surface area contributed by atoms with Crippen LogP contribution in [0.2, 0.25) is 0 Å². The Morgan fingerprint density at radius 3 is 2.48 bits per heavy atom. The highest BCUT2D eigenvalue weighted by Crippen LogP contribution is 2.28. The minimum Gasteiger partial charge on any atom is -0.496 e. The van der Waals surface area contributed by atoms with Crippen LogP contribution >= 0.6 is 15.9 Å². The highest BCUT2D eigenvalue weighted by Gasteiger charge is 2.19. The maximum atomic E-state index is 12.4. The maximum absolute atomic E-state index is 12.4. The SMILES string of the molecule is COc1ccc(S(=O)(=O)NC(C)c2ccncc2)cc1Br. The number of nitrogens with zero attached hydrogens (tertiary/aromatic N) is 1. The molecule has 112 valence electrons. The molecule has 21 heavy (non-hydrogen) atoms. The van der Waals surface area contributed by atoms with Crippen LogP contribution in [0.5, 0.6) is 5.75 Å². The standard InChI is InChI=1S/C14H15BrN2O3S/c1-10(11-5-7-16-8-6-11)17-21(18,19)12-3-4-14(20-2)13(15)9-12/h3-10,17H,1-2H3. The zero-order chi connectivity index (χ0) is 15.5. The third kappa shape index (κ3) is 3.81. The summed E-state index contributed by atoms with van der Waals surface area (Å²) in [5, 5.41) is 0. The van der Waals surface area contributed by atoms with E-state index in [2.05, 4.69) is 25.6 Å². The van der Waals surface area contributed by atoms with Crippen LogP contribution in [0.4, 0.5) is 0 Å². The van der Waals surface area contributed by atoms with Crippen LogP contribution in [0, 0.1) is 0 Å². The molecular weight excluding hydrogens is 356 g/mol. The summed E-state index contributed by atoms with van der Waals surface area (Å²) in [6.45, 7) is 1.78. The predicted octanol–water partition coefficient (Wildman–Crippen LogP) is 2.89. The number of ether oxygens (including phenoxy) is 1. The van der Waals surface area contributed by atoms with Crippen molar-refractivity contribution in [2.45, 2.75) is 17.9 Å². The molecule has 1 atom stereocenters. The first-order chi connectivity index (χ1) is 9.94. The van der Waals surface area contributed by atoms with E-state index in [1.54, 1.807) is 37.5 Å². The normalized spacial score (nSPS) is 12.9. The molecule has 0 bridgehead atoms. The molecule has 1 unspecified atom stereocenters. The summed E-state index contributed by atoms with van der Waals surface area (Å²) in [6, 6.07) is 7.83. The summed E-state index contributed by atoms with van der Waals surface area (Å²) in [5.41, 5.74) is 0.848. The second kappa shape index (κ2) is 6.55. The van der Waals surface area contributed by atoms with Crippen LogP contribution in [0.1, 0.15) is 18.5 Å². The molecule has 2 aromatic rings. The van der Waals surface area contributed by atoms with E-state index in [0.29, 0.717) is 10.2 Å². The smallest absolute Gasteiger partial charge is 0.241 e. The van der Waals surface area contributed by atoms with E-state index in [1.165, 1.54) is 19.2 Å². The number of aromatic nitrogens is 1. The van der Waals surface area contributed by atoms with Crippen molar-refractivity contribution in [1.29, 1.82) is 0 Å². The molecule has 1 N–H and O–H groups in total.